The molecule has 1 heteroatoms. The number of hydrogen-bond donors (Lipinski definition) is 1. The zero-order valence-corrected chi connectivity index (χ0v) is 13.8. The lowest BCUT2D eigenvalue weighted by atomic mass is 9.77. The van der Waals surface area contributed by atoms with Crippen LogP contribution in [0, 0.1) is 0 Å². The average Bonchev–Trinajstić information content (AvgIpc) is 2.93. The molecule has 25 heavy (non-hydrogen) atoms. The number of fused-ring (bicyclic) bond motifs is 5. The first-order valence-corrected chi connectivity index (χ1v) is 8.85. The summed E-state index contributed by atoms with van der Waals surface area (Å²) in [4.78, 5) is 0. The molecule has 6 rings (SSSR count). The summed E-state index contributed by atoms with van der Waals surface area (Å²) in [6.45, 7) is 0. The largest absolute Gasteiger partial charge is 0.371 e. The zero-order chi connectivity index (χ0) is 16.4. The average molecular weight is 319 g/mol. The van der Waals surface area contributed by atoms with E-state index in [4.69, 9.17) is 0 Å². The molecule has 118 valence electrons. The third kappa shape index (κ3) is 1.58. The lowest BCUT2D eigenvalue weighted by molar-refractivity contribution is 0.596. The number of benzene rings is 4. The van der Waals surface area contributed by atoms with Crippen LogP contribution in [0.1, 0.15) is 16.7 Å². The fourth-order valence-corrected chi connectivity index (χ4v) is 4.88. The molecule has 0 fully saturated rings. The second-order valence-corrected chi connectivity index (χ2v) is 7.12. The fraction of sp³-hybridized carbons (Fsp3) is 0.0833. The highest BCUT2D eigenvalue weighted by atomic mass is 15.0. The van der Waals surface area contributed by atoms with E-state index in [9.17, 15) is 0 Å². The smallest absolute Gasteiger partial charge is 0.0932 e. The second kappa shape index (κ2) is 4.52. The summed E-state index contributed by atoms with van der Waals surface area (Å²) in [6.07, 6.45) is 0.982. The number of anilines is 1. The van der Waals surface area contributed by atoms with Gasteiger partial charge in [0.1, 0.15) is 0 Å². The Labute approximate surface area is 146 Å². The predicted molar refractivity (Wildman–Crippen MR) is 104 cm³/mol. The van der Waals surface area contributed by atoms with E-state index in [2.05, 4.69) is 90.2 Å². The molecule has 4 aromatic carbocycles. The first kappa shape index (κ1) is 13.3. The molecular formula is C24H17N. The van der Waals surface area contributed by atoms with Gasteiger partial charge in [0.25, 0.3) is 0 Å². The quantitative estimate of drug-likeness (QED) is 0.436. The topological polar surface area (TPSA) is 12.0 Å². The summed E-state index contributed by atoms with van der Waals surface area (Å²) in [5, 5.41) is 6.64. The van der Waals surface area contributed by atoms with Crippen LogP contribution in [0.4, 0.5) is 5.69 Å². The third-order valence-electron chi connectivity index (χ3n) is 5.86. The van der Waals surface area contributed by atoms with E-state index in [0.29, 0.717) is 0 Å². The fourth-order valence-electron chi connectivity index (χ4n) is 4.88. The molecule has 0 saturated heterocycles. The van der Waals surface area contributed by atoms with Gasteiger partial charge in [0.15, 0.2) is 0 Å². The summed E-state index contributed by atoms with van der Waals surface area (Å²) in [5.74, 6) is 0. The molecule has 1 aliphatic heterocycles. The van der Waals surface area contributed by atoms with E-state index >= 15 is 0 Å². The monoisotopic (exact) mass is 319 g/mol. The molecule has 1 spiro atoms. The highest BCUT2D eigenvalue weighted by molar-refractivity contribution is 5.99. The maximum Gasteiger partial charge on any atom is 0.0932 e. The van der Waals surface area contributed by atoms with Crippen molar-refractivity contribution in [2.75, 3.05) is 5.32 Å². The highest BCUT2D eigenvalue weighted by Gasteiger charge is 2.45. The first-order valence-electron chi connectivity index (χ1n) is 8.85. The molecule has 1 aliphatic carbocycles. The van der Waals surface area contributed by atoms with Crippen LogP contribution in [0.5, 0.6) is 0 Å². The number of nitrogens with one attached hydrogen (secondary N) is 1. The van der Waals surface area contributed by atoms with Crippen LogP contribution in [0.3, 0.4) is 0 Å². The first-order chi connectivity index (χ1) is 12.4. The van der Waals surface area contributed by atoms with E-state index in [-0.39, 0.29) is 5.54 Å². The van der Waals surface area contributed by atoms with Gasteiger partial charge in [-0.2, -0.15) is 0 Å². The van der Waals surface area contributed by atoms with Crippen molar-refractivity contribution in [3.8, 4) is 11.1 Å². The minimum atomic E-state index is -0.171. The molecule has 2 aliphatic rings. The van der Waals surface area contributed by atoms with Gasteiger partial charge >= 0.3 is 0 Å². The molecule has 0 radical (unpaired) electrons. The van der Waals surface area contributed by atoms with Gasteiger partial charge in [-0.25, -0.2) is 0 Å². The second-order valence-electron chi connectivity index (χ2n) is 7.12. The van der Waals surface area contributed by atoms with Crippen molar-refractivity contribution in [1.82, 2.24) is 0 Å². The van der Waals surface area contributed by atoms with Gasteiger partial charge in [-0.3, -0.25) is 0 Å². The number of hydrogen-bond acceptors (Lipinski definition) is 1. The zero-order valence-electron chi connectivity index (χ0n) is 13.8. The van der Waals surface area contributed by atoms with Gasteiger partial charge in [-0.05, 0) is 39.3 Å². The Morgan fingerprint density at radius 2 is 1.28 bits per heavy atom. The van der Waals surface area contributed by atoms with Crippen LogP contribution in [0.2, 0.25) is 0 Å². The van der Waals surface area contributed by atoms with Crippen molar-refractivity contribution in [3.63, 3.8) is 0 Å². The van der Waals surface area contributed by atoms with Crippen LogP contribution < -0.4 is 5.32 Å². The normalized spacial score (nSPS) is 15.7. The summed E-state index contributed by atoms with van der Waals surface area (Å²) in [7, 11) is 0. The standard InChI is InChI=1S/C24H17N/c1-3-12-20-18(10-1)19-11-2-4-13-21(19)24(20)15-17-9-5-7-16-8-6-14-22(25-24)23(16)17/h1-14,25H,15H2. The molecule has 0 saturated carbocycles. The Morgan fingerprint density at radius 1 is 0.640 bits per heavy atom. The lowest BCUT2D eigenvalue weighted by Gasteiger charge is -2.39. The van der Waals surface area contributed by atoms with Gasteiger partial charge < -0.3 is 5.32 Å². The van der Waals surface area contributed by atoms with Crippen molar-refractivity contribution in [1.29, 1.82) is 0 Å². The molecule has 0 atom stereocenters. The van der Waals surface area contributed by atoms with E-state index < -0.39 is 0 Å². The van der Waals surface area contributed by atoms with Crippen LogP contribution in [0.15, 0.2) is 84.9 Å². The molecule has 1 heterocycles. The molecular weight excluding hydrogens is 302 g/mol. The van der Waals surface area contributed by atoms with Gasteiger partial charge in [0.05, 0.1) is 5.54 Å². The maximum absolute atomic E-state index is 3.95. The van der Waals surface area contributed by atoms with Gasteiger partial charge in [-0.1, -0.05) is 78.9 Å². The highest BCUT2D eigenvalue weighted by Crippen LogP contribution is 2.53. The maximum atomic E-state index is 3.95. The lowest BCUT2D eigenvalue weighted by Crippen LogP contribution is -2.39. The molecule has 0 amide bonds. The SMILES string of the molecule is c1ccc2c(c1)-c1ccccc1C21Cc2cccc3cccc(c23)N1. The Bertz CT molecular complexity index is 1070. The summed E-state index contributed by atoms with van der Waals surface area (Å²) >= 11 is 0. The van der Waals surface area contributed by atoms with Crippen LogP contribution >= 0.6 is 0 Å². The molecule has 0 bridgehead atoms. The molecule has 1 nitrogen and oxygen atoms in total. The predicted octanol–water partition coefficient (Wildman–Crippen LogP) is 5.73. The van der Waals surface area contributed by atoms with Crippen molar-refractivity contribution in [2.45, 2.75) is 12.0 Å². The van der Waals surface area contributed by atoms with Crippen molar-refractivity contribution < 1.29 is 0 Å². The van der Waals surface area contributed by atoms with Gasteiger partial charge in [-0.15, -0.1) is 0 Å². The molecule has 4 aromatic rings. The van der Waals surface area contributed by atoms with E-state index in [1.807, 2.05) is 0 Å². The molecule has 0 unspecified atom stereocenters. The summed E-state index contributed by atoms with van der Waals surface area (Å²) in [6, 6.07) is 31.0. The van der Waals surface area contributed by atoms with E-state index in [1.54, 1.807) is 0 Å². The van der Waals surface area contributed by atoms with Crippen LogP contribution in [-0.4, -0.2) is 0 Å². The van der Waals surface area contributed by atoms with Crippen molar-refractivity contribution in [3.05, 3.63) is 102 Å². The van der Waals surface area contributed by atoms with E-state index in [1.165, 1.54) is 44.3 Å². The van der Waals surface area contributed by atoms with Crippen LogP contribution in [-0.2, 0) is 12.0 Å². The van der Waals surface area contributed by atoms with Gasteiger partial charge in [0, 0.05) is 17.5 Å². The van der Waals surface area contributed by atoms with E-state index in [0.717, 1.165) is 6.42 Å². The Hall–Kier alpha value is -3.06. The summed E-state index contributed by atoms with van der Waals surface area (Å²) in [5.41, 5.74) is 8.00. The van der Waals surface area contributed by atoms with Crippen molar-refractivity contribution in [2.24, 2.45) is 0 Å². The third-order valence-corrected chi connectivity index (χ3v) is 5.86. The van der Waals surface area contributed by atoms with Crippen LogP contribution in [0.25, 0.3) is 21.9 Å². The minimum absolute atomic E-state index is 0.171. The summed E-state index contributed by atoms with van der Waals surface area (Å²) < 4.78 is 0. The van der Waals surface area contributed by atoms with Crippen molar-refractivity contribution >= 4 is 16.5 Å². The Kier molecular flexibility index (Phi) is 2.39. The minimum Gasteiger partial charge on any atom is -0.371 e. The Balaban J connectivity index is 1.70. The molecule has 1 N–H and O–H groups in total. The molecule has 0 aromatic heterocycles. The van der Waals surface area contributed by atoms with Gasteiger partial charge in [0.2, 0.25) is 0 Å². The number of rotatable bonds is 0. The Morgan fingerprint density at radius 3 is 2.00 bits per heavy atom.